The molecule has 3 aromatic carbocycles. The van der Waals surface area contributed by atoms with Gasteiger partial charge in [0.15, 0.2) is 11.5 Å². The highest BCUT2D eigenvalue weighted by molar-refractivity contribution is 5.73. The highest BCUT2D eigenvalue weighted by Crippen LogP contribution is 2.36. The molecule has 0 saturated carbocycles. The van der Waals surface area contributed by atoms with E-state index in [0.29, 0.717) is 29.2 Å². The summed E-state index contributed by atoms with van der Waals surface area (Å²) < 4.78 is 22.0. The van der Waals surface area contributed by atoms with Crippen LogP contribution in [0.1, 0.15) is 30.5 Å². The van der Waals surface area contributed by atoms with Crippen LogP contribution in [0.25, 0.3) is 0 Å². The minimum atomic E-state index is -0.567. The summed E-state index contributed by atoms with van der Waals surface area (Å²) in [4.78, 5) is 37.1. The number of methoxy groups -OCH3 is 1. The number of ether oxygens (including phenoxy) is 4. The summed E-state index contributed by atoms with van der Waals surface area (Å²) in [6, 6.07) is 18.4. The number of nitrogens with zero attached hydrogens (tertiary/aromatic N) is 2. The molecule has 0 spiro atoms. The van der Waals surface area contributed by atoms with Crippen LogP contribution in [0, 0.1) is 10.1 Å². The monoisotopic (exact) mass is 522 g/mol. The van der Waals surface area contributed by atoms with E-state index >= 15 is 0 Å². The quantitative estimate of drug-likeness (QED) is 0.170. The van der Waals surface area contributed by atoms with Crippen LogP contribution < -0.4 is 9.47 Å². The van der Waals surface area contributed by atoms with Gasteiger partial charge in [-0.05, 0) is 43.2 Å². The number of carbonyl (C=O) groups is 2. The zero-order valence-corrected chi connectivity index (χ0v) is 21.5. The maximum Gasteiger partial charge on any atom is 0.410 e. The van der Waals surface area contributed by atoms with E-state index in [1.54, 1.807) is 32.0 Å². The molecule has 0 saturated heterocycles. The summed E-state index contributed by atoms with van der Waals surface area (Å²) in [6.07, 6.45) is -0.527. The molecular weight excluding hydrogens is 492 g/mol. The van der Waals surface area contributed by atoms with Gasteiger partial charge in [0.05, 0.1) is 31.6 Å². The van der Waals surface area contributed by atoms with Crippen LogP contribution in [0.4, 0.5) is 10.5 Å². The molecule has 0 aromatic heterocycles. The summed E-state index contributed by atoms with van der Waals surface area (Å²) in [5, 5.41) is 11.5. The zero-order valence-electron chi connectivity index (χ0n) is 21.5. The van der Waals surface area contributed by atoms with Crippen molar-refractivity contribution in [3.63, 3.8) is 0 Å². The molecule has 0 aliphatic heterocycles. The Hall–Kier alpha value is -4.60. The number of carbonyl (C=O) groups excluding carboxylic acids is 2. The Morgan fingerprint density at radius 2 is 1.63 bits per heavy atom. The van der Waals surface area contributed by atoms with Gasteiger partial charge in [-0.25, -0.2) is 4.79 Å². The standard InChI is InChI=1S/C28H30N2O8/c1-4-29(28(32)37-19-20-9-7-6-8-10-20)18-22-17-23(30(33)34)12-14-24(22)38-26-15-21(11-13-25(26)35-3)16-27(31)36-5-2/h6-15,17H,4-5,16,18-19H2,1-3H3. The van der Waals surface area contributed by atoms with E-state index in [1.807, 2.05) is 30.3 Å². The summed E-state index contributed by atoms with van der Waals surface area (Å²) in [5.74, 6) is 0.611. The number of nitro groups is 1. The van der Waals surface area contributed by atoms with Crippen LogP contribution in [0.5, 0.6) is 17.2 Å². The molecule has 0 unspecified atom stereocenters. The van der Waals surface area contributed by atoms with Gasteiger partial charge in [0.25, 0.3) is 5.69 Å². The van der Waals surface area contributed by atoms with Crippen molar-refractivity contribution in [2.45, 2.75) is 33.4 Å². The molecule has 0 aliphatic rings. The van der Waals surface area contributed by atoms with Gasteiger partial charge in [-0.1, -0.05) is 36.4 Å². The Balaban J connectivity index is 1.86. The average molecular weight is 523 g/mol. The first-order valence-corrected chi connectivity index (χ1v) is 12.1. The first kappa shape index (κ1) is 28.0. The first-order valence-electron chi connectivity index (χ1n) is 12.1. The number of non-ortho nitro benzene ring substituents is 1. The molecule has 0 N–H and O–H groups in total. The largest absolute Gasteiger partial charge is 0.493 e. The smallest absolute Gasteiger partial charge is 0.410 e. The van der Waals surface area contributed by atoms with E-state index in [0.717, 1.165) is 5.56 Å². The van der Waals surface area contributed by atoms with Crippen molar-refractivity contribution in [3.8, 4) is 17.2 Å². The van der Waals surface area contributed by atoms with Crippen molar-refractivity contribution in [1.29, 1.82) is 0 Å². The third-order valence-corrected chi connectivity index (χ3v) is 5.56. The van der Waals surface area contributed by atoms with Gasteiger partial charge in [-0.2, -0.15) is 0 Å². The fourth-order valence-corrected chi connectivity index (χ4v) is 3.63. The maximum absolute atomic E-state index is 12.8. The molecule has 200 valence electrons. The minimum Gasteiger partial charge on any atom is -0.493 e. The second-order valence-electron chi connectivity index (χ2n) is 8.17. The third kappa shape index (κ3) is 7.70. The number of hydrogen-bond acceptors (Lipinski definition) is 8. The number of amides is 1. The zero-order chi connectivity index (χ0) is 27.5. The van der Waals surface area contributed by atoms with Crippen LogP contribution in [0.15, 0.2) is 66.7 Å². The van der Waals surface area contributed by atoms with Crippen molar-refractivity contribution in [2.75, 3.05) is 20.3 Å². The summed E-state index contributed by atoms with van der Waals surface area (Å²) in [6.45, 7) is 4.18. The number of benzene rings is 3. The van der Waals surface area contributed by atoms with E-state index in [4.69, 9.17) is 18.9 Å². The van der Waals surface area contributed by atoms with E-state index in [-0.39, 0.29) is 43.6 Å². The molecule has 0 fully saturated rings. The van der Waals surface area contributed by atoms with Gasteiger partial charge in [0, 0.05) is 24.2 Å². The van der Waals surface area contributed by atoms with Gasteiger partial charge < -0.3 is 23.8 Å². The topological polar surface area (TPSA) is 117 Å². The predicted molar refractivity (Wildman–Crippen MR) is 139 cm³/mol. The van der Waals surface area contributed by atoms with Gasteiger partial charge in [-0.3, -0.25) is 14.9 Å². The minimum absolute atomic E-state index is 0.00592. The normalized spacial score (nSPS) is 10.4. The predicted octanol–water partition coefficient (Wildman–Crippen LogP) is 5.66. The molecule has 3 rings (SSSR count). The molecular formula is C28H30N2O8. The van der Waals surface area contributed by atoms with Crippen molar-refractivity contribution >= 4 is 17.7 Å². The number of hydrogen-bond donors (Lipinski definition) is 0. The Bertz CT molecular complexity index is 1260. The third-order valence-electron chi connectivity index (χ3n) is 5.56. The van der Waals surface area contributed by atoms with E-state index in [1.165, 1.54) is 30.2 Å². The number of nitro benzene ring substituents is 1. The number of esters is 1. The average Bonchev–Trinajstić information content (AvgIpc) is 2.91. The van der Waals surface area contributed by atoms with Crippen LogP contribution in [-0.4, -0.2) is 42.1 Å². The Kier molecular flexibility index (Phi) is 10.0. The molecule has 10 heteroatoms. The maximum atomic E-state index is 12.8. The molecule has 38 heavy (non-hydrogen) atoms. The summed E-state index contributed by atoms with van der Waals surface area (Å²) >= 11 is 0. The Labute approximate surface area is 220 Å². The molecule has 10 nitrogen and oxygen atoms in total. The molecule has 3 aromatic rings. The SMILES string of the molecule is CCOC(=O)Cc1ccc(OC)c(Oc2ccc([N+](=O)[O-])cc2CN(CC)C(=O)OCc2ccccc2)c1. The lowest BCUT2D eigenvalue weighted by molar-refractivity contribution is -0.384. The lowest BCUT2D eigenvalue weighted by Gasteiger charge is -2.22. The van der Waals surface area contributed by atoms with E-state index in [2.05, 4.69) is 0 Å². The fraction of sp³-hybridized carbons (Fsp3) is 0.286. The van der Waals surface area contributed by atoms with Crippen molar-refractivity contribution in [3.05, 3.63) is 93.5 Å². The lowest BCUT2D eigenvalue weighted by atomic mass is 10.1. The molecule has 0 heterocycles. The number of rotatable bonds is 12. The Morgan fingerprint density at radius 3 is 2.29 bits per heavy atom. The summed E-state index contributed by atoms with van der Waals surface area (Å²) in [7, 11) is 1.48. The molecule has 0 aliphatic carbocycles. The summed E-state index contributed by atoms with van der Waals surface area (Å²) in [5.41, 5.74) is 1.73. The van der Waals surface area contributed by atoms with Crippen LogP contribution in [0.3, 0.4) is 0 Å². The van der Waals surface area contributed by atoms with Crippen molar-refractivity contribution < 1.29 is 33.5 Å². The Morgan fingerprint density at radius 1 is 0.895 bits per heavy atom. The molecule has 0 atom stereocenters. The van der Waals surface area contributed by atoms with Crippen molar-refractivity contribution in [2.24, 2.45) is 0 Å². The lowest BCUT2D eigenvalue weighted by Crippen LogP contribution is -2.31. The van der Waals surface area contributed by atoms with E-state index in [9.17, 15) is 19.7 Å². The van der Waals surface area contributed by atoms with Crippen LogP contribution >= 0.6 is 0 Å². The van der Waals surface area contributed by atoms with Crippen LogP contribution in [0.2, 0.25) is 0 Å². The van der Waals surface area contributed by atoms with Gasteiger partial charge in [0.2, 0.25) is 0 Å². The van der Waals surface area contributed by atoms with Gasteiger partial charge >= 0.3 is 12.1 Å². The second-order valence-corrected chi connectivity index (χ2v) is 8.17. The molecule has 1 amide bonds. The molecule has 0 bridgehead atoms. The molecule has 0 radical (unpaired) electrons. The van der Waals surface area contributed by atoms with Gasteiger partial charge in [0.1, 0.15) is 12.4 Å². The first-order chi connectivity index (χ1) is 18.3. The van der Waals surface area contributed by atoms with Gasteiger partial charge in [-0.15, -0.1) is 0 Å². The van der Waals surface area contributed by atoms with Crippen LogP contribution in [-0.2, 0) is 33.8 Å². The highest BCUT2D eigenvalue weighted by atomic mass is 16.6. The highest BCUT2D eigenvalue weighted by Gasteiger charge is 2.20. The van der Waals surface area contributed by atoms with Crippen molar-refractivity contribution in [1.82, 2.24) is 4.90 Å². The van der Waals surface area contributed by atoms with E-state index < -0.39 is 11.0 Å². The fourth-order valence-electron chi connectivity index (χ4n) is 3.63. The second kappa shape index (κ2) is 13.6.